The van der Waals surface area contributed by atoms with Gasteiger partial charge in [-0.3, -0.25) is 4.98 Å². The van der Waals surface area contributed by atoms with Gasteiger partial charge in [0, 0.05) is 35.5 Å². The predicted molar refractivity (Wildman–Crippen MR) is 177 cm³/mol. The Morgan fingerprint density at radius 1 is 1.07 bits per heavy atom. The molecule has 0 aliphatic carbocycles. The fourth-order valence-corrected chi connectivity index (χ4v) is 5.20. The summed E-state index contributed by atoms with van der Waals surface area (Å²) in [7, 11) is 4.02. The Bertz CT molecular complexity index is 1850. The highest BCUT2D eigenvalue weighted by Gasteiger charge is 2.21. The first-order valence-electron chi connectivity index (χ1n) is 14.4. The summed E-state index contributed by atoms with van der Waals surface area (Å²) in [5.41, 5.74) is 5.13. The SMILES string of the molecule is CC(C)n1cc(C(Nc2cc(Cl)c3ncc(C#N)c(Nc4ccc(F)c(Cl)c4)c3c2)c2cccc(COCCN(C)C)c2)nn1. The van der Waals surface area contributed by atoms with Gasteiger partial charge in [-0.2, -0.15) is 5.26 Å². The number of likely N-dealkylation sites (N-methyl/N-ethyl adjacent to an activating group) is 1. The molecule has 2 heterocycles. The van der Waals surface area contributed by atoms with Crippen molar-refractivity contribution < 1.29 is 9.13 Å². The molecule has 0 fully saturated rings. The van der Waals surface area contributed by atoms with Crippen molar-refractivity contribution in [2.75, 3.05) is 37.9 Å². The Balaban J connectivity index is 1.55. The number of anilines is 3. The maximum atomic E-state index is 13.9. The lowest BCUT2D eigenvalue weighted by Crippen LogP contribution is -2.18. The third-order valence-electron chi connectivity index (χ3n) is 7.13. The van der Waals surface area contributed by atoms with Crippen molar-refractivity contribution in [2.45, 2.75) is 32.5 Å². The van der Waals surface area contributed by atoms with E-state index in [1.165, 1.54) is 18.3 Å². The molecule has 1 unspecified atom stereocenters. The van der Waals surface area contributed by atoms with Crippen LogP contribution in [0.25, 0.3) is 10.9 Å². The molecule has 9 nitrogen and oxygen atoms in total. The monoisotopic (exact) mass is 646 g/mol. The van der Waals surface area contributed by atoms with Gasteiger partial charge in [-0.25, -0.2) is 9.07 Å². The van der Waals surface area contributed by atoms with Gasteiger partial charge in [0.25, 0.3) is 0 Å². The number of ether oxygens (including phenoxy) is 1. The molecule has 5 aromatic rings. The third-order valence-corrected chi connectivity index (χ3v) is 7.71. The van der Waals surface area contributed by atoms with Crippen molar-refractivity contribution in [3.63, 3.8) is 0 Å². The average molecular weight is 648 g/mol. The van der Waals surface area contributed by atoms with Crippen LogP contribution in [0.1, 0.15) is 48.3 Å². The molecule has 0 bridgehead atoms. The number of aromatic nitrogens is 4. The van der Waals surface area contributed by atoms with Crippen LogP contribution in [-0.2, 0) is 11.3 Å². The Kier molecular flexibility index (Phi) is 10.2. The molecule has 0 amide bonds. The molecule has 3 aromatic carbocycles. The van der Waals surface area contributed by atoms with Crippen LogP contribution in [0, 0.1) is 17.1 Å². The molecule has 0 saturated heterocycles. The van der Waals surface area contributed by atoms with E-state index >= 15 is 0 Å². The lowest BCUT2D eigenvalue weighted by Gasteiger charge is -2.21. The molecule has 2 aromatic heterocycles. The quantitative estimate of drug-likeness (QED) is 0.133. The summed E-state index contributed by atoms with van der Waals surface area (Å²) < 4.78 is 21.6. The van der Waals surface area contributed by atoms with E-state index in [1.54, 1.807) is 12.1 Å². The van der Waals surface area contributed by atoms with Crippen LogP contribution in [0.3, 0.4) is 0 Å². The van der Waals surface area contributed by atoms with Gasteiger partial charge >= 0.3 is 0 Å². The van der Waals surface area contributed by atoms with Gasteiger partial charge in [-0.1, -0.05) is 52.7 Å². The summed E-state index contributed by atoms with van der Waals surface area (Å²) in [6.45, 7) is 6.01. The minimum atomic E-state index is -0.540. The molecule has 232 valence electrons. The number of benzene rings is 3. The molecule has 0 aliphatic heterocycles. The normalized spacial score (nSPS) is 12.1. The van der Waals surface area contributed by atoms with Gasteiger partial charge in [0.05, 0.1) is 52.3 Å². The second-order valence-electron chi connectivity index (χ2n) is 11.2. The zero-order valence-corrected chi connectivity index (χ0v) is 26.9. The first-order chi connectivity index (χ1) is 21.6. The molecular weight excluding hydrogens is 614 g/mol. The number of hydrogen-bond donors (Lipinski definition) is 2. The fraction of sp³-hybridized carbons (Fsp3) is 0.273. The lowest BCUT2D eigenvalue weighted by molar-refractivity contribution is 0.105. The molecule has 5 rings (SSSR count). The van der Waals surface area contributed by atoms with Gasteiger partial charge in [0.2, 0.25) is 0 Å². The second-order valence-corrected chi connectivity index (χ2v) is 12.0. The summed E-state index contributed by atoms with van der Waals surface area (Å²) in [5, 5.41) is 26.5. The van der Waals surface area contributed by atoms with Crippen molar-refractivity contribution >= 4 is 51.2 Å². The van der Waals surface area contributed by atoms with Crippen LogP contribution in [0.15, 0.2) is 67.0 Å². The van der Waals surface area contributed by atoms with Gasteiger partial charge in [-0.15, -0.1) is 5.10 Å². The number of nitriles is 1. The molecule has 0 radical (unpaired) electrons. The minimum Gasteiger partial charge on any atom is -0.375 e. The third kappa shape index (κ3) is 7.70. The van der Waals surface area contributed by atoms with Crippen LogP contribution in [0.4, 0.5) is 21.5 Å². The van der Waals surface area contributed by atoms with E-state index in [4.69, 9.17) is 27.9 Å². The van der Waals surface area contributed by atoms with Crippen LogP contribution in [0.2, 0.25) is 10.0 Å². The van der Waals surface area contributed by atoms with E-state index in [0.29, 0.717) is 51.9 Å². The molecular formula is C33H33Cl2FN8O. The summed E-state index contributed by atoms with van der Waals surface area (Å²) in [6, 6.07) is 18.0. The van der Waals surface area contributed by atoms with Crippen LogP contribution >= 0.6 is 23.2 Å². The van der Waals surface area contributed by atoms with Gasteiger partial charge < -0.3 is 20.3 Å². The number of nitrogens with zero attached hydrogens (tertiary/aromatic N) is 6. The Hall–Kier alpha value is -4.27. The van der Waals surface area contributed by atoms with Gasteiger partial charge in [0.1, 0.15) is 17.6 Å². The number of halogens is 3. The Morgan fingerprint density at radius 3 is 2.58 bits per heavy atom. The maximum absolute atomic E-state index is 13.9. The zero-order chi connectivity index (χ0) is 32.1. The minimum absolute atomic E-state index is 0.0418. The van der Waals surface area contributed by atoms with Gasteiger partial charge in [0.15, 0.2) is 0 Å². The average Bonchev–Trinajstić information content (AvgIpc) is 3.51. The van der Waals surface area contributed by atoms with E-state index < -0.39 is 11.9 Å². The summed E-state index contributed by atoms with van der Waals surface area (Å²) in [6.07, 6.45) is 3.37. The summed E-state index contributed by atoms with van der Waals surface area (Å²) >= 11 is 12.8. The summed E-state index contributed by atoms with van der Waals surface area (Å²) in [4.78, 5) is 6.53. The van der Waals surface area contributed by atoms with Crippen molar-refractivity contribution in [1.82, 2.24) is 24.9 Å². The molecule has 12 heteroatoms. The van der Waals surface area contributed by atoms with Crippen molar-refractivity contribution in [1.29, 1.82) is 5.26 Å². The van der Waals surface area contributed by atoms with Crippen LogP contribution in [-0.4, -0.2) is 52.1 Å². The van der Waals surface area contributed by atoms with E-state index in [1.807, 2.05) is 63.1 Å². The van der Waals surface area contributed by atoms with Crippen LogP contribution in [0.5, 0.6) is 0 Å². The highest BCUT2D eigenvalue weighted by molar-refractivity contribution is 6.36. The standard InChI is InChI=1S/C33H33Cl2FN8O/c1-20(2)44-18-30(41-42-44)32(22-7-5-6-21(12-22)19-45-11-10-43(3)4)40-25-13-26-31(39-24-8-9-29(36)27(34)14-24)23(16-37)17-38-33(26)28(35)15-25/h5-9,12-15,17-18,20,32,40H,10-11,19H2,1-4H3,(H,38,39). The van der Waals surface area contributed by atoms with E-state index in [-0.39, 0.29) is 16.6 Å². The Morgan fingerprint density at radius 2 is 1.87 bits per heavy atom. The molecule has 45 heavy (non-hydrogen) atoms. The number of nitrogens with one attached hydrogen (secondary N) is 2. The molecule has 0 saturated carbocycles. The largest absolute Gasteiger partial charge is 0.375 e. The predicted octanol–water partition coefficient (Wildman–Crippen LogP) is 7.75. The smallest absolute Gasteiger partial charge is 0.141 e. The lowest BCUT2D eigenvalue weighted by atomic mass is 10.0. The van der Waals surface area contributed by atoms with Crippen LogP contribution < -0.4 is 10.6 Å². The number of fused-ring (bicyclic) bond motifs is 1. The van der Waals surface area contributed by atoms with Crippen molar-refractivity contribution in [2.24, 2.45) is 0 Å². The van der Waals surface area contributed by atoms with Crippen molar-refractivity contribution in [3.8, 4) is 6.07 Å². The molecule has 1 atom stereocenters. The number of pyridine rings is 1. The summed E-state index contributed by atoms with van der Waals surface area (Å²) in [5.74, 6) is -0.540. The zero-order valence-electron chi connectivity index (χ0n) is 25.4. The first kappa shape index (κ1) is 32.1. The molecule has 0 aliphatic rings. The molecule has 0 spiro atoms. The first-order valence-corrected chi connectivity index (χ1v) is 15.1. The van der Waals surface area contributed by atoms with E-state index in [9.17, 15) is 9.65 Å². The second kappa shape index (κ2) is 14.2. The molecule has 2 N–H and O–H groups in total. The highest BCUT2D eigenvalue weighted by Crippen LogP contribution is 2.37. The van der Waals surface area contributed by atoms with Crippen molar-refractivity contribution in [3.05, 3.63) is 105 Å². The highest BCUT2D eigenvalue weighted by atomic mass is 35.5. The topological polar surface area (TPSA) is 104 Å². The number of rotatable bonds is 12. The Labute approximate surface area is 271 Å². The van der Waals surface area contributed by atoms with E-state index in [2.05, 4.69) is 43.0 Å². The number of hydrogen-bond acceptors (Lipinski definition) is 8. The fourth-order valence-electron chi connectivity index (χ4n) is 4.75. The maximum Gasteiger partial charge on any atom is 0.141 e. The van der Waals surface area contributed by atoms with E-state index in [0.717, 1.165) is 17.7 Å². The van der Waals surface area contributed by atoms with Gasteiger partial charge in [-0.05, 0) is 69.4 Å².